The molecule has 5 nitrogen and oxygen atoms in total. The molecule has 1 heterocycles. The molecule has 27 heavy (non-hydrogen) atoms. The summed E-state index contributed by atoms with van der Waals surface area (Å²) in [6.45, 7) is 1.19. The van der Waals surface area contributed by atoms with Crippen molar-refractivity contribution in [3.05, 3.63) is 64.2 Å². The Kier molecular flexibility index (Phi) is 5.60. The summed E-state index contributed by atoms with van der Waals surface area (Å²) in [7, 11) is 1.47. The lowest BCUT2D eigenvalue weighted by atomic mass is 10.1. The third-order valence-corrected chi connectivity index (χ3v) is 4.65. The van der Waals surface area contributed by atoms with Crippen LogP contribution in [0.25, 0.3) is 0 Å². The molecule has 142 valence electrons. The molecule has 1 fully saturated rings. The zero-order valence-corrected chi connectivity index (χ0v) is 15.3. The molecule has 0 bridgehead atoms. The number of hydrogen-bond donors (Lipinski definition) is 0. The van der Waals surface area contributed by atoms with Gasteiger partial charge in [-0.05, 0) is 36.4 Å². The Balaban J connectivity index is 1.68. The number of amides is 2. The Labute approximate surface area is 160 Å². The van der Waals surface area contributed by atoms with Crippen molar-refractivity contribution in [2.75, 3.05) is 33.3 Å². The summed E-state index contributed by atoms with van der Waals surface area (Å²) in [6, 6.07) is 7.85. The van der Waals surface area contributed by atoms with E-state index < -0.39 is 17.5 Å². The van der Waals surface area contributed by atoms with Crippen molar-refractivity contribution in [1.82, 2.24) is 9.80 Å². The number of methoxy groups -OCH3 is 1. The second-order valence-corrected chi connectivity index (χ2v) is 6.49. The average molecular weight is 395 g/mol. The first-order valence-electron chi connectivity index (χ1n) is 8.28. The predicted molar refractivity (Wildman–Crippen MR) is 96.2 cm³/mol. The third kappa shape index (κ3) is 4.03. The highest BCUT2D eigenvalue weighted by molar-refractivity contribution is 6.31. The van der Waals surface area contributed by atoms with Crippen LogP contribution in [0.15, 0.2) is 36.4 Å². The predicted octanol–water partition coefficient (Wildman–Crippen LogP) is 3.23. The first-order valence-corrected chi connectivity index (χ1v) is 8.65. The van der Waals surface area contributed by atoms with Gasteiger partial charge < -0.3 is 14.5 Å². The van der Waals surface area contributed by atoms with E-state index in [4.69, 9.17) is 16.3 Å². The van der Waals surface area contributed by atoms with Gasteiger partial charge in [0.2, 0.25) is 0 Å². The molecule has 1 aliphatic heterocycles. The van der Waals surface area contributed by atoms with Crippen LogP contribution >= 0.6 is 11.6 Å². The molecule has 0 unspecified atom stereocenters. The van der Waals surface area contributed by atoms with Gasteiger partial charge in [-0.25, -0.2) is 8.78 Å². The van der Waals surface area contributed by atoms with Crippen molar-refractivity contribution >= 4 is 23.4 Å². The fourth-order valence-electron chi connectivity index (χ4n) is 2.94. The quantitative estimate of drug-likeness (QED) is 0.803. The maximum atomic E-state index is 13.3. The zero-order valence-electron chi connectivity index (χ0n) is 14.5. The number of hydrogen-bond acceptors (Lipinski definition) is 3. The van der Waals surface area contributed by atoms with Crippen LogP contribution in [0.1, 0.15) is 20.7 Å². The molecular weight excluding hydrogens is 378 g/mol. The first-order chi connectivity index (χ1) is 12.9. The van der Waals surface area contributed by atoms with Gasteiger partial charge in [0.1, 0.15) is 5.75 Å². The van der Waals surface area contributed by atoms with E-state index in [0.29, 0.717) is 29.4 Å². The molecule has 0 atom stereocenters. The third-order valence-electron chi connectivity index (χ3n) is 4.41. The molecule has 2 aromatic rings. The number of nitrogens with zero attached hydrogens (tertiary/aromatic N) is 2. The number of benzene rings is 2. The van der Waals surface area contributed by atoms with Crippen molar-refractivity contribution in [3.8, 4) is 5.75 Å². The van der Waals surface area contributed by atoms with Gasteiger partial charge in [0.15, 0.2) is 11.6 Å². The number of piperazine rings is 1. The van der Waals surface area contributed by atoms with Crippen molar-refractivity contribution in [3.63, 3.8) is 0 Å². The number of carbonyl (C=O) groups is 2. The van der Waals surface area contributed by atoms with Crippen molar-refractivity contribution in [1.29, 1.82) is 0 Å². The summed E-state index contributed by atoms with van der Waals surface area (Å²) in [5, 5.41) is 0.423. The zero-order chi connectivity index (χ0) is 19.6. The van der Waals surface area contributed by atoms with Crippen LogP contribution in [-0.2, 0) is 0 Å². The maximum absolute atomic E-state index is 13.3. The Bertz CT molecular complexity index is 883. The smallest absolute Gasteiger partial charge is 0.257 e. The standard InChI is InChI=1S/C19H17ClF2N2O3/c1-27-17-5-3-13(20)11-14(17)19(26)24-8-6-23(7-9-24)18(25)12-2-4-15(21)16(22)10-12/h2-5,10-11H,6-9H2,1H3. The second kappa shape index (κ2) is 7.92. The minimum absolute atomic E-state index is 0.0742. The molecule has 3 rings (SSSR count). The summed E-state index contributed by atoms with van der Waals surface area (Å²) < 4.78 is 31.6. The molecule has 0 spiro atoms. The number of carbonyl (C=O) groups excluding carboxylic acids is 2. The molecule has 1 aliphatic rings. The highest BCUT2D eigenvalue weighted by Crippen LogP contribution is 2.24. The monoisotopic (exact) mass is 394 g/mol. The van der Waals surface area contributed by atoms with E-state index in [9.17, 15) is 18.4 Å². The van der Waals surface area contributed by atoms with E-state index in [1.807, 2.05) is 0 Å². The van der Waals surface area contributed by atoms with E-state index in [1.54, 1.807) is 23.1 Å². The molecule has 0 aromatic heterocycles. The number of ether oxygens (including phenoxy) is 1. The largest absolute Gasteiger partial charge is 0.496 e. The number of rotatable bonds is 3. The van der Waals surface area contributed by atoms with Gasteiger partial charge in [-0.1, -0.05) is 11.6 Å². The first kappa shape index (κ1) is 19.1. The van der Waals surface area contributed by atoms with Gasteiger partial charge >= 0.3 is 0 Å². The molecular formula is C19H17ClF2N2O3. The van der Waals surface area contributed by atoms with E-state index in [2.05, 4.69) is 0 Å². The minimum atomic E-state index is -1.07. The number of halogens is 3. The average Bonchev–Trinajstić information content (AvgIpc) is 2.69. The van der Waals surface area contributed by atoms with Crippen LogP contribution in [0.5, 0.6) is 5.75 Å². The van der Waals surface area contributed by atoms with Crippen LogP contribution in [0, 0.1) is 11.6 Å². The van der Waals surface area contributed by atoms with Gasteiger partial charge in [0, 0.05) is 36.8 Å². The van der Waals surface area contributed by atoms with Gasteiger partial charge in [0.05, 0.1) is 12.7 Å². The summed E-state index contributed by atoms with van der Waals surface area (Å²) in [5.41, 5.74) is 0.426. The van der Waals surface area contributed by atoms with E-state index in [-0.39, 0.29) is 24.6 Å². The van der Waals surface area contributed by atoms with Gasteiger partial charge in [-0.3, -0.25) is 9.59 Å². The second-order valence-electron chi connectivity index (χ2n) is 6.06. The normalized spacial score (nSPS) is 14.2. The van der Waals surface area contributed by atoms with Crippen LogP contribution in [-0.4, -0.2) is 54.9 Å². The Morgan fingerprint density at radius 3 is 2.15 bits per heavy atom. The Hall–Kier alpha value is -2.67. The molecule has 0 N–H and O–H groups in total. The summed E-state index contributed by atoms with van der Waals surface area (Å²) in [4.78, 5) is 28.3. The lowest BCUT2D eigenvalue weighted by Gasteiger charge is -2.35. The molecule has 1 saturated heterocycles. The lowest BCUT2D eigenvalue weighted by molar-refractivity contribution is 0.0533. The molecule has 0 saturated carbocycles. The molecule has 0 aliphatic carbocycles. The van der Waals surface area contributed by atoms with Gasteiger partial charge in [-0.2, -0.15) is 0 Å². The van der Waals surface area contributed by atoms with E-state index in [0.717, 1.165) is 12.1 Å². The summed E-state index contributed by atoms with van der Waals surface area (Å²) in [6.07, 6.45) is 0. The molecule has 8 heteroatoms. The van der Waals surface area contributed by atoms with Gasteiger partial charge in [0.25, 0.3) is 11.8 Å². The van der Waals surface area contributed by atoms with E-state index in [1.165, 1.54) is 18.1 Å². The van der Waals surface area contributed by atoms with Crippen LogP contribution in [0.4, 0.5) is 8.78 Å². The van der Waals surface area contributed by atoms with Crippen LogP contribution in [0.2, 0.25) is 5.02 Å². The molecule has 2 aromatic carbocycles. The van der Waals surface area contributed by atoms with Crippen LogP contribution in [0.3, 0.4) is 0 Å². The van der Waals surface area contributed by atoms with Crippen molar-refractivity contribution in [2.24, 2.45) is 0 Å². The highest BCUT2D eigenvalue weighted by Gasteiger charge is 2.27. The Morgan fingerprint density at radius 2 is 1.56 bits per heavy atom. The highest BCUT2D eigenvalue weighted by atomic mass is 35.5. The summed E-state index contributed by atoms with van der Waals surface area (Å²) >= 11 is 5.98. The summed E-state index contributed by atoms with van der Waals surface area (Å²) in [5.74, 6) is -2.29. The van der Waals surface area contributed by atoms with Gasteiger partial charge in [-0.15, -0.1) is 0 Å². The minimum Gasteiger partial charge on any atom is -0.496 e. The SMILES string of the molecule is COc1ccc(Cl)cc1C(=O)N1CCN(C(=O)c2ccc(F)c(F)c2)CC1. The fourth-order valence-corrected chi connectivity index (χ4v) is 3.11. The van der Waals surface area contributed by atoms with E-state index >= 15 is 0 Å². The molecule has 2 amide bonds. The van der Waals surface area contributed by atoms with Crippen molar-refractivity contribution in [2.45, 2.75) is 0 Å². The molecule has 0 radical (unpaired) electrons. The van der Waals surface area contributed by atoms with Crippen molar-refractivity contribution < 1.29 is 23.1 Å². The van der Waals surface area contributed by atoms with Crippen LogP contribution < -0.4 is 4.74 Å². The lowest BCUT2D eigenvalue weighted by Crippen LogP contribution is -2.50. The maximum Gasteiger partial charge on any atom is 0.257 e. The fraction of sp³-hybridized carbons (Fsp3) is 0.263. The topological polar surface area (TPSA) is 49.9 Å². The Morgan fingerprint density at radius 1 is 0.926 bits per heavy atom.